The number of hydrogen-bond acceptors (Lipinski definition) is 10. The Bertz CT molecular complexity index is 1550. The number of amides is 3. The van der Waals surface area contributed by atoms with Gasteiger partial charge in [0.25, 0.3) is 17.7 Å². The zero-order valence-corrected chi connectivity index (χ0v) is 22.3. The summed E-state index contributed by atoms with van der Waals surface area (Å²) < 4.78 is 35.2. The Balaban J connectivity index is 1.34. The Morgan fingerprint density at radius 1 is 1.07 bits per heavy atom. The van der Waals surface area contributed by atoms with Crippen molar-refractivity contribution in [1.29, 1.82) is 0 Å². The van der Waals surface area contributed by atoms with E-state index in [0.29, 0.717) is 31.9 Å². The van der Waals surface area contributed by atoms with Crippen LogP contribution in [0.25, 0.3) is 11.4 Å². The Kier molecular flexibility index (Phi) is 8.40. The van der Waals surface area contributed by atoms with Crippen LogP contribution in [0, 0.1) is 5.82 Å². The van der Waals surface area contributed by atoms with Crippen LogP contribution in [0.1, 0.15) is 17.3 Å². The van der Waals surface area contributed by atoms with Crippen LogP contribution >= 0.6 is 0 Å². The second kappa shape index (κ2) is 12.3. The summed E-state index contributed by atoms with van der Waals surface area (Å²) in [5, 5.41) is 6.17. The monoisotopic (exact) mass is 583 g/mol. The summed E-state index contributed by atoms with van der Waals surface area (Å²) in [4.78, 5) is 68.0. The van der Waals surface area contributed by atoms with Gasteiger partial charge < -0.3 is 29.3 Å². The highest BCUT2D eigenvalue weighted by atomic mass is 19.1. The van der Waals surface area contributed by atoms with Crippen LogP contribution < -0.4 is 16.0 Å². The number of rotatable bonds is 7. The molecule has 0 aliphatic carbocycles. The van der Waals surface area contributed by atoms with Crippen LogP contribution in [-0.2, 0) is 28.6 Å². The largest absolute Gasteiger partial charge is 0.449 e. The molecule has 0 saturated carbocycles. The molecular weight excluding hydrogens is 557 g/mol. The van der Waals surface area contributed by atoms with Crippen LogP contribution in [0.3, 0.4) is 0 Å². The van der Waals surface area contributed by atoms with Gasteiger partial charge in [-0.2, -0.15) is 0 Å². The smallest absolute Gasteiger partial charge is 0.439 e. The minimum atomic E-state index is -1.67. The number of nitrogens with one attached hydrogen (secondary N) is 2. The minimum absolute atomic E-state index is 0.0316. The Hall–Kier alpha value is -4.89. The van der Waals surface area contributed by atoms with Crippen molar-refractivity contribution in [1.82, 2.24) is 15.0 Å². The number of aromatic nitrogens is 2. The molecule has 42 heavy (non-hydrogen) atoms. The molecule has 3 aromatic rings. The lowest BCUT2D eigenvalue weighted by Gasteiger charge is -2.35. The molecule has 2 saturated heterocycles. The van der Waals surface area contributed by atoms with Crippen molar-refractivity contribution in [2.24, 2.45) is 0 Å². The number of carbonyl (C=O) groups excluding carboxylic acids is 4. The van der Waals surface area contributed by atoms with Crippen molar-refractivity contribution in [2.45, 2.75) is 19.1 Å². The summed E-state index contributed by atoms with van der Waals surface area (Å²) in [6, 6.07) is 9.83. The fourth-order valence-electron chi connectivity index (χ4n) is 4.57. The molecule has 2 N–H and O–H groups in total. The summed E-state index contributed by atoms with van der Waals surface area (Å²) in [5.74, 6) is -4.20. The predicted molar refractivity (Wildman–Crippen MR) is 142 cm³/mol. The molecule has 220 valence electrons. The number of morpholine rings is 2. The van der Waals surface area contributed by atoms with Crippen molar-refractivity contribution in [3.63, 3.8) is 0 Å². The first-order chi connectivity index (χ1) is 20.2. The van der Waals surface area contributed by atoms with Gasteiger partial charge in [0, 0.05) is 43.5 Å². The first-order valence-electron chi connectivity index (χ1n) is 13.0. The van der Waals surface area contributed by atoms with Crippen LogP contribution in [0.2, 0.25) is 0 Å². The maximum absolute atomic E-state index is 14.7. The maximum atomic E-state index is 14.7. The van der Waals surface area contributed by atoms with E-state index in [1.54, 1.807) is 12.1 Å². The molecule has 2 aromatic carbocycles. The lowest BCUT2D eigenvalue weighted by atomic mass is 10.1. The summed E-state index contributed by atoms with van der Waals surface area (Å²) in [6.45, 7) is 2.39. The first-order valence-corrected chi connectivity index (χ1v) is 13.0. The molecule has 2 atom stereocenters. The van der Waals surface area contributed by atoms with Crippen molar-refractivity contribution in [2.75, 3.05) is 49.7 Å². The molecule has 15 heteroatoms. The number of ether oxygens (including phenoxy) is 3. The summed E-state index contributed by atoms with van der Waals surface area (Å²) >= 11 is 0. The van der Waals surface area contributed by atoms with Crippen LogP contribution in [0.15, 0.2) is 51.8 Å². The van der Waals surface area contributed by atoms with Crippen LogP contribution in [0.5, 0.6) is 0 Å². The number of aromatic amines is 1. The third-order valence-corrected chi connectivity index (χ3v) is 6.60. The standard InChI is InChI=1S/C27H26FN5O9/c1-15(34)41-21(24(35)29-17-4-2-16(3-5-17)23-30-27(38)42-31-23)22-26(37)33(10-13-40-22)18-6-7-20(28)19(14-18)25(36)32-8-11-39-12-9-32/h2-7,14,21-22H,8-13H2,1H3,(H,29,35)(H,30,31,38)/t21-,22-/m1/s1. The van der Waals surface area contributed by atoms with Gasteiger partial charge >= 0.3 is 11.7 Å². The van der Waals surface area contributed by atoms with E-state index in [-0.39, 0.29) is 35.9 Å². The van der Waals surface area contributed by atoms with Crippen molar-refractivity contribution >= 4 is 35.1 Å². The van der Waals surface area contributed by atoms with Gasteiger partial charge in [-0.1, -0.05) is 5.16 Å². The van der Waals surface area contributed by atoms with Crippen molar-refractivity contribution in [3.05, 3.63) is 64.4 Å². The van der Waals surface area contributed by atoms with E-state index in [4.69, 9.17) is 14.2 Å². The van der Waals surface area contributed by atoms with Gasteiger partial charge in [-0.05, 0) is 42.5 Å². The number of halogens is 1. The van der Waals surface area contributed by atoms with Crippen LogP contribution in [0.4, 0.5) is 15.8 Å². The molecule has 0 bridgehead atoms. The molecule has 2 fully saturated rings. The summed E-state index contributed by atoms with van der Waals surface area (Å²) in [7, 11) is 0. The fourth-order valence-corrected chi connectivity index (χ4v) is 4.57. The van der Waals surface area contributed by atoms with Crippen molar-refractivity contribution < 1.29 is 42.3 Å². The van der Waals surface area contributed by atoms with E-state index < -0.39 is 47.5 Å². The van der Waals surface area contributed by atoms with E-state index in [2.05, 4.69) is 20.0 Å². The number of nitrogens with zero attached hydrogens (tertiary/aromatic N) is 3. The average molecular weight is 584 g/mol. The molecule has 1 aromatic heterocycles. The zero-order valence-electron chi connectivity index (χ0n) is 22.3. The van der Waals surface area contributed by atoms with Crippen molar-refractivity contribution in [3.8, 4) is 11.4 Å². The Morgan fingerprint density at radius 3 is 2.48 bits per heavy atom. The second-order valence-corrected chi connectivity index (χ2v) is 9.39. The van der Waals surface area contributed by atoms with E-state index in [9.17, 15) is 28.4 Å². The predicted octanol–water partition coefficient (Wildman–Crippen LogP) is 0.944. The molecule has 0 spiro atoms. The molecule has 0 unspecified atom stereocenters. The summed E-state index contributed by atoms with van der Waals surface area (Å²) in [5.41, 5.74) is 0.798. The van der Waals surface area contributed by atoms with E-state index in [0.717, 1.165) is 13.0 Å². The number of anilines is 2. The molecular formula is C27H26FN5O9. The van der Waals surface area contributed by atoms with Crippen LogP contribution in [-0.4, -0.2) is 90.4 Å². The third kappa shape index (κ3) is 6.21. The number of hydrogen-bond donors (Lipinski definition) is 2. The lowest BCUT2D eigenvalue weighted by molar-refractivity contribution is -0.167. The van der Waals surface area contributed by atoms with E-state index >= 15 is 0 Å². The molecule has 2 aliphatic rings. The lowest BCUT2D eigenvalue weighted by Crippen LogP contribution is -2.56. The Labute approximate surface area is 237 Å². The van der Waals surface area contributed by atoms with Gasteiger partial charge in [0.05, 0.1) is 25.4 Å². The SMILES string of the molecule is CC(=O)O[C@@H](C(=O)Nc1ccc(-c2noc(=O)[nH]2)cc1)[C@H]1OCCN(c2ccc(F)c(C(=O)N3CCOCC3)c2)C1=O. The molecule has 2 aliphatic heterocycles. The van der Waals surface area contributed by atoms with Gasteiger partial charge in [0.2, 0.25) is 6.10 Å². The molecule has 3 heterocycles. The third-order valence-electron chi connectivity index (χ3n) is 6.60. The highest BCUT2D eigenvalue weighted by molar-refractivity contribution is 6.05. The van der Waals surface area contributed by atoms with Gasteiger partial charge in [-0.15, -0.1) is 0 Å². The zero-order chi connectivity index (χ0) is 29.8. The number of H-pyrrole nitrogens is 1. The summed E-state index contributed by atoms with van der Waals surface area (Å²) in [6.07, 6.45) is -3.19. The number of esters is 1. The highest BCUT2D eigenvalue weighted by Gasteiger charge is 2.43. The molecule has 0 radical (unpaired) electrons. The van der Waals surface area contributed by atoms with E-state index in [1.807, 2.05) is 0 Å². The minimum Gasteiger partial charge on any atom is -0.449 e. The average Bonchev–Trinajstić information content (AvgIpc) is 3.43. The number of benzene rings is 2. The molecule has 3 amide bonds. The first kappa shape index (κ1) is 28.6. The van der Waals surface area contributed by atoms with E-state index in [1.165, 1.54) is 34.1 Å². The quantitative estimate of drug-likeness (QED) is 0.381. The Morgan fingerprint density at radius 2 is 1.81 bits per heavy atom. The number of carbonyl (C=O) groups is 4. The normalized spacial score (nSPS) is 18.0. The fraction of sp³-hybridized carbons (Fsp3) is 0.333. The molecule has 14 nitrogen and oxygen atoms in total. The van der Waals surface area contributed by atoms with Gasteiger partial charge in [-0.3, -0.25) is 28.7 Å². The van der Waals surface area contributed by atoms with Gasteiger partial charge in [-0.25, -0.2) is 9.18 Å². The highest BCUT2D eigenvalue weighted by Crippen LogP contribution is 2.26. The topological polar surface area (TPSA) is 173 Å². The second-order valence-electron chi connectivity index (χ2n) is 9.39. The van der Waals surface area contributed by atoms with Gasteiger partial charge in [0.15, 0.2) is 11.9 Å². The molecule has 5 rings (SSSR count). The maximum Gasteiger partial charge on any atom is 0.439 e. The van der Waals surface area contributed by atoms with Gasteiger partial charge in [0.1, 0.15) is 5.82 Å².